The van der Waals surface area contributed by atoms with Crippen molar-refractivity contribution in [2.75, 3.05) is 6.61 Å². The van der Waals surface area contributed by atoms with Crippen molar-refractivity contribution in [2.45, 2.75) is 6.92 Å². The first-order valence-electron chi connectivity index (χ1n) is 6.48. The maximum Gasteiger partial charge on any atom is 0.341 e. The largest absolute Gasteiger partial charge is 0.507 e. The lowest BCUT2D eigenvalue weighted by Gasteiger charge is -2.09. The van der Waals surface area contributed by atoms with E-state index in [0.29, 0.717) is 0 Å². The minimum absolute atomic E-state index is 0.0624. The average molecular weight is 321 g/mol. The molecule has 0 spiro atoms. The van der Waals surface area contributed by atoms with Crippen molar-refractivity contribution >= 4 is 23.4 Å². The summed E-state index contributed by atoms with van der Waals surface area (Å²) in [5, 5.41) is 19.4. The third-order valence-electron chi connectivity index (χ3n) is 2.97. The number of phenols is 2. The Morgan fingerprint density at radius 3 is 2.45 bits per heavy atom. The number of rotatable bonds is 4. The molecule has 0 aromatic heterocycles. The Hall–Kier alpha value is -2.53. The van der Waals surface area contributed by atoms with Gasteiger partial charge < -0.3 is 14.9 Å². The van der Waals surface area contributed by atoms with Gasteiger partial charge in [-0.05, 0) is 31.2 Å². The van der Waals surface area contributed by atoms with Crippen LogP contribution < -0.4 is 0 Å². The fourth-order valence-corrected chi connectivity index (χ4v) is 2.14. The SMILES string of the molecule is CCOC(=O)c1cc(C(=O)c2ccccc2O)cc(Cl)c1O. The second-order valence-corrected chi connectivity index (χ2v) is 4.83. The van der Waals surface area contributed by atoms with Gasteiger partial charge in [-0.25, -0.2) is 4.79 Å². The molecule has 0 bridgehead atoms. The molecule has 114 valence electrons. The lowest BCUT2D eigenvalue weighted by atomic mass is 10.00. The minimum Gasteiger partial charge on any atom is -0.507 e. The zero-order valence-electron chi connectivity index (χ0n) is 11.7. The highest BCUT2D eigenvalue weighted by Gasteiger charge is 2.21. The van der Waals surface area contributed by atoms with Gasteiger partial charge in [0.25, 0.3) is 0 Å². The van der Waals surface area contributed by atoms with Crippen molar-refractivity contribution in [3.8, 4) is 11.5 Å². The number of esters is 1. The minimum atomic E-state index is -0.783. The molecule has 2 aromatic rings. The Morgan fingerprint density at radius 2 is 1.82 bits per heavy atom. The molecular weight excluding hydrogens is 308 g/mol. The number of carbonyl (C=O) groups excluding carboxylic acids is 2. The average Bonchev–Trinajstić information content (AvgIpc) is 2.50. The molecule has 22 heavy (non-hydrogen) atoms. The Morgan fingerprint density at radius 1 is 1.14 bits per heavy atom. The second kappa shape index (κ2) is 6.49. The summed E-state index contributed by atoms with van der Waals surface area (Å²) < 4.78 is 4.81. The zero-order chi connectivity index (χ0) is 16.3. The summed E-state index contributed by atoms with van der Waals surface area (Å²) in [6.07, 6.45) is 0. The number of hydrogen-bond donors (Lipinski definition) is 2. The summed E-state index contributed by atoms with van der Waals surface area (Å²) in [6, 6.07) is 8.42. The van der Waals surface area contributed by atoms with Crippen LogP contribution in [0.4, 0.5) is 0 Å². The number of halogens is 1. The predicted octanol–water partition coefficient (Wildman–Crippen LogP) is 3.16. The molecule has 5 nitrogen and oxygen atoms in total. The first-order chi connectivity index (χ1) is 10.5. The summed E-state index contributed by atoms with van der Waals surface area (Å²) in [5.41, 5.74) is -0.0699. The summed E-state index contributed by atoms with van der Waals surface area (Å²) in [6.45, 7) is 1.74. The van der Waals surface area contributed by atoms with Gasteiger partial charge in [0.15, 0.2) is 5.78 Å². The lowest BCUT2D eigenvalue weighted by molar-refractivity contribution is 0.0523. The van der Waals surface area contributed by atoms with E-state index in [1.54, 1.807) is 19.1 Å². The molecule has 0 fully saturated rings. The van der Waals surface area contributed by atoms with Crippen LogP contribution in [0.25, 0.3) is 0 Å². The van der Waals surface area contributed by atoms with Gasteiger partial charge in [0.1, 0.15) is 17.1 Å². The molecule has 0 aliphatic heterocycles. The third-order valence-corrected chi connectivity index (χ3v) is 3.26. The highest BCUT2D eigenvalue weighted by Crippen LogP contribution is 2.31. The topological polar surface area (TPSA) is 83.8 Å². The van der Waals surface area contributed by atoms with Gasteiger partial charge in [-0.1, -0.05) is 23.7 Å². The van der Waals surface area contributed by atoms with Gasteiger partial charge in [0.2, 0.25) is 0 Å². The molecule has 6 heteroatoms. The quantitative estimate of drug-likeness (QED) is 0.668. The Balaban J connectivity index is 2.51. The van der Waals surface area contributed by atoms with Crippen LogP contribution in [0.1, 0.15) is 33.2 Å². The van der Waals surface area contributed by atoms with E-state index in [1.165, 1.54) is 24.3 Å². The number of para-hydroxylation sites is 1. The van der Waals surface area contributed by atoms with Crippen LogP contribution in [0.3, 0.4) is 0 Å². The summed E-state index contributed by atoms with van der Waals surface area (Å²) in [7, 11) is 0. The third kappa shape index (κ3) is 3.04. The van der Waals surface area contributed by atoms with Crippen LogP contribution in [-0.2, 0) is 4.74 Å². The molecule has 2 rings (SSSR count). The highest BCUT2D eigenvalue weighted by molar-refractivity contribution is 6.33. The summed E-state index contributed by atoms with van der Waals surface area (Å²) >= 11 is 5.86. The standard InChI is InChI=1S/C16H13ClO5/c1-2-22-16(21)11-7-9(8-12(17)15(11)20)14(19)10-5-3-4-6-13(10)18/h3-8,18,20H,2H2,1H3. The number of carbonyl (C=O) groups is 2. The van der Waals surface area contributed by atoms with Gasteiger partial charge in [0.05, 0.1) is 17.2 Å². The normalized spacial score (nSPS) is 10.3. The lowest BCUT2D eigenvalue weighted by Crippen LogP contribution is -2.08. The first-order valence-corrected chi connectivity index (χ1v) is 6.85. The molecule has 0 atom stereocenters. The monoisotopic (exact) mass is 320 g/mol. The van der Waals surface area contributed by atoms with Crippen molar-refractivity contribution < 1.29 is 24.5 Å². The number of aromatic hydroxyl groups is 2. The van der Waals surface area contributed by atoms with Crippen LogP contribution >= 0.6 is 11.6 Å². The number of ketones is 1. The van der Waals surface area contributed by atoms with Crippen molar-refractivity contribution in [1.82, 2.24) is 0 Å². The number of hydrogen-bond acceptors (Lipinski definition) is 5. The molecule has 0 heterocycles. The van der Waals surface area contributed by atoms with Gasteiger partial charge in [-0.2, -0.15) is 0 Å². The molecule has 0 radical (unpaired) electrons. The van der Waals surface area contributed by atoms with Crippen molar-refractivity contribution in [3.05, 3.63) is 58.1 Å². The predicted molar refractivity (Wildman–Crippen MR) is 80.6 cm³/mol. The van der Waals surface area contributed by atoms with E-state index < -0.39 is 17.5 Å². The molecule has 0 saturated carbocycles. The molecule has 0 aliphatic rings. The molecule has 0 saturated heterocycles. The van der Waals surface area contributed by atoms with E-state index in [9.17, 15) is 19.8 Å². The number of benzene rings is 2. The van der Waals surface area contributed by atoms with E-state index in [-0.39, 0.29) is 34.1 Å². The van der Waals surface area contributed by atoms with E-state index in [0.717, 1.165) is 0 Å². The van der Waals surface area contributed by atoms with Crippen LogP contribution in [-0.4, -0.2) is 28.6 Å². The fraction of sp³-hybridized carbons (Fsp3) is 0.125. The van der Waals surface area contributed by atoms with Crippen LogP contribution in [0.15, 0.2) is 36.4 Å². The summed E-state index contributed by atoms with van der Waals surface area (Å²) in [4.78, 5) is 24.2. The summed E-state index contributed by atoms with van der Waals surface area (Å²) in [5.74, 6) is -1.94. The van der Waals surface area contributed by atoms with Crippen LogP contribution in [0, 0.1) is 0 Å². The van der Waals surface area contributed by atoms with Gasteiger partial charge in [-0.3, -0.25) is 4.79 Å². The molecular formula is C16H13ClO5. The fourth-order valence-electron chi connectivity index (χ4n) is 1.92. The molecule has 0 aliphatic carbocycles. The Labute approximate surface area is 131 Å². The molecule has 2 aromatic carbocycles. The van der Waals surface area contributed by atoms with Gasteiger partial charge in [-0.15, -0.1) is 0 Å². The van der Waals surface area contributed by atoms with Gasteiger partial charge >= 0.3 is 5.97 Å². The molecule has 0 amide bonds. The molecule has 0 unspecified atom stereocenters. The Bertz CT molecular complexity index is 739. The zero-order valence-corrected chi connectivity index (χ0v) is 12.4. The van der Waals surface area contributed by atoms with Crippen LogP contribution in [0.5, 0.6) is 11.5 Å². The van der Waals surface area contributed by atoms with E-state index in [4.69, 9.17) is 16.3 Å². The van der Waals surface area contributed by atoms with Crippen LogP contribution in [0.2, 0.25) is 5.02 Å². The number of ether oxygens (including phenoxy) is 1. The van der Waals surface area contributed by atoms with Crippen molar-refractivity contribution in [3.63, 3.8) is 0 Å². The smallest absolute Gasteiger partial charge is 0.341 e. The van der Waals surface area contributed by atoms with E-state index >= 15 is 0 Å². The van der Waals surface area contributed by atoms with Gasteiger partial charge in [0, 0.05) is 5.56 Å². The van der Waals surface area contributed by atoms with Crippen molar-refractivity contribution in [1.29, 1.82) is 0 Å². The maximum atomic E-state index is 12.4. The first kappa shape index (κ1) is 15.9. The highest BCUT2D eigenvalue weighted by atomic mass is 35.5. The van der Waals surface area contributed by atoms with Crippen molar-refractivity contribution in [2.24, 2.45) is 0 Å². The number of phenolic OH excluding ortho intramolecular Hbond substituents is 2. The maximum absolute atomic E-state index is 12.4. The van der Waals surface area contributed by atoms with E-state index in [2.05, 4.69) is 0 Å². The Kier molecular flexibility index (Phi) is 4.68. The molecule has 2 N–H and O–H groups in total. The second-order valence-electron chi connectivity index (χ2n) is 4.42. The van der Waals surface area contributed by atoms with E-state index in [1.807, 2.05) is 0 Å².